The summed E-state index contributed by atoms with van der Waals surface area (Å²) in [4.78, 5) is 11.0. The van der Waals surface area contributed by atoms with Gasteiger partial charge in [-0.2, -0.15) is 0 Å². The summed E-state index contributed by atoms with van der Waals surface area (Å²) in [5.74, 6) is 0. The van der Waals surface area contributed by atoms with Crippen molar-refractivity contribution in [3.63, 3.8) is 0 Å². The average Bonchev–Trinajstić information content (AvgIpc) is 2.16. The molecule has 1 amide bonds. The van der Waals surface area contributed by atoms with Crippen molar-refractivity contribution in [1.29, 1.82) is 0 Å². The molecule has 0 saturated carbocycles. The Bertz CT molecular complexity index is 267. The molecule has 0 heterocycles. The van der Waals surface area contributed by atoms with Crippen LogP contribution in [0.25, 0.3) is 0 Å². The van der Waals surface area contributed by atoms with E-state index in [0.29, 0.717) is 12.2 Å². The first-order valence-electron chi connectivity index (χ1n) is 4.02. The molecule has 0 aliphatic carbocycles. The number of anilines is 1. The molecule has 3 N–H and O–H groups in total. The van der Waals surface area contributed by atoms with Crippen LogP contribution in [0.15, 0.2) is 30.3 Å². The molecule has 0 spiro atoms. The van der Waals surface area contributed by atoms with Crippen LogP contribution in [0.1, 0.15) is 1.43 Å². The Morgan fingerprint density at radius 1 is 1.46 bits per heavy atom. The van der Waals surface area contributed by atoms with E-state index in [9.17, 15) is 4.79 Å². The highest BCUT2D eigenvalue weighted by Gasteiger charge is 2.00. The maximum absolute atomic E-state index is 11.0. The van der Waals surface area contributed by atoms with E-state index >= 15 is 0 Å². The van der Waals surface area contributed by atoms with Crippen LogP contribution < -0.4 is 11.1 Å². The SMILES string of the molecule is NCCOC(=O)Nc1ccccc1.[HH]. The van der Waals surface area contributed by atoms with Gasteiger partial charge in [0.1, 0.15) is 6.61 Å². The molecule has 1 aromatic rings. The highest BCUT2D eigenvalue weighted by atomic mass is 16.5. The minimum absolute atomic E-state index is 0. The van der Waals surface area contributed by atoms with Crippen LogP contribution in [0.5, 0.6) is 0 Å². The fourth-order valence-corrected chi connectivity index (χ4v) is 0.827. The first-order valence-corrected chi connectivity index (χ1v) is 4.02. The van der Waals surface area contributed by atoms with Gasteiger partial charge >= 0.3 is 6.09 Å². The van der Waals surface area contributed by atoms with Crippen molar-refractivity contribution >= 4 is 11.8 Å². The topological polar surface area (TPSA) is 64.3 Å². The molecule has 13 heavy (non-hydrogen) atoms. The van der Waals surface area contributed by atoms with Gasteiger partial charge in [-0.1, -0.05) is 18.2 Å². The van der Waals surface area contributed by atoms with Crippen molar-refractivity contribution in [3.05, 3.63) is 30.3 Å². The van der Waals surface area contributed by atoms with Gasteiger partial charge in [0.15, 0.2) is 0 Å². The minimum atomic E-state index is -0.475. The first-order chi connectivity index (χ1) is 6.33. The van der Waals surface area contributed by atoms with Gasteiger partial charge in [-0.15, -0.1) is 0 Å². The number of benzene rings is 1. The third-order valence-corrected chi connectivity index (χ3v) is 1.37. The monoisotopic (exact) mass is 182 g/mol. The number of nitrogens with one attached hydrogen (secondary N) is 1. The van der Waals surface area contributed by atoms with E-state index in [-0.39, 0.29) is 8.03 Å². The van der Waals surface area contributed by atoms with Crippen LogP contribution in [-0.2, 0) is 4.74 Å². The summed E-state index contributed by atoms with van der Waals surface area (Å²) < 4.78 is 4.72. The molecule has 0 aromatic heterocycles. The second kappa shape index (κ2) is 5.16. The fourth-order valence-electron chi connectivity index (χ4n) is 0.827. The Labute approximate surface area is 78.2 Å². The molecule has 1 rings (SSSR count). The van der Waals surface area contributed by atoms with E-state index < -0.39 is 6.09 Å². The summed E-state index contributed by atoms with van der Waals surface area (Å²) >= 11 is 0. The van der Waals surface area contributed by atoms with Gasteiger partial charge in [-0.25, -0.2) is 4.79 Å². The summed E-state index contributed by atoms with van der Waals surface area (Å²) in [5.41, 5.74) is 5.88. The molecule has 4 nitrogen and oxygen atoms in total. The van der Waals surface area contributed by atoms with Crippen LogP contribution >= 0.6 is 0 Å². The fraction of sp³-hybridized carbons (Fsp3) is 0.222. The van der Waals surface area contributed by atoms with Gasteiger partial charge in [0, 0.05) is 13.7 Å². The molecular formula is C9H14N2O2. The number of para-hydroxylation sites is 1. The Morgan fingerprint density at radius 2 is 2.15 bits per heavy atom. The molecule has 4 heteroatoms. The van der Waals surface area contributed by atoms with Crippen LogP contribution in [0.3, 0.4) is 0 Å². The lowest BCUT2D eigenvalue weighted by Crippen LogP contribution is -2.18. The lowest BCUT2D eigenvalue weighted by Gasteiger charge is -2.04. The normalized spacial score (nSPS) is 9.31. The molecule has 0 aliphatic heterocycles. The number of rotatable bonds is 3. The zero-order valence-corrected chi connectivity index (χ0v) is 7.19. The van der Waals surface area contributed by atoms with Crippen molar-refractivity contribution in [2.45, 2.75) is 0 Å². The van der Waals surface area contributed by atoms with Crippen molar-refractivity contribution in [2.24, 2.45) is 5.73 Å². The Kier molecular flexibility index (Phi) is 3.78. The molecule has 0 saturated heterocycles. The van der Waals surface area contributed by atoms with Crippen molar-refractivity contribution in [3.8, 4) is 0 Å². The third kappa shape index (κ3) is 3.57. The molecule has 72 valence electrons. The smallest absolute Gasteiger partial charge is 0.411 e. The maximum atomic E-state index is 11.0. The second-order valence-corrected chi connectivity index (χ2v) is 2.42. The van der Waals surface area contributed by atoms with Gasteiger partial charge < -0.3 is 10.5 Å². The predicted molar refractivity (Wildman–Crippen MR) is 52.6 cm³/mol. The highest BCUT2D eigenvalue weighted by Crippen LogP contribution is 2.04. The molecule has 0 bridgehead atoms. The number of carbonyl (C=O) groups excluding carboxylic acids is 1. The van der Waals surface area contributed by atoms with Crippen LogP contribution in [0.2, 0.25) is 0 Å². The molecule has 0 aliphatic rings. The summed E-state index contributed by atoms with van der Waals surface area (Å²) in [6.45, 7) is 0.570. The zero-order valence-electron chi connectivity index (χ0n) is 7.19. The average molecular weight is 182 g/mol. The number of amides is 1. The highest BCUT2D eigenvalue weighted by molar-refractivity contribution is 5.84. The summed E-state index contributed by atoms with van der Waals surface area (Å²) in [5, 5.41) is 2.56. The van der Waals surface area contributed by atoms with Crippen molar-refractivity contribution < 1.29 is 11.0 Å². The molecule has 0 radical (unpaired) electrons. The van der Waals surface area contributed by atoms with Gasteiger partial charge in [0.05, 0.1) is 0 Å². The van der Waals surface area contributed by atoms with Gasteiger partial charge in [-0.05, 0) is 12.1 Å². The minimum Gasteiger partial charge on any atom is -0.448 e. The van der Waals surface area contributed by atoms with Crippen molar-refractivity contribution in [1.82, 2.24) is 0 Å². The van der Waals surface area contributed by atoms with Crippen LogP contribution in [0.4, 0.5) is 10.5 Å². The third-order valence-electron chi connectivity index (χ3n) is 1.37. The molecule has 0 atom stereocenters. The van der Waals surface area contributed by atoms with E-state index in [1.165, 1.54) is 0 Å². The van der Waals surface area contributed by atoms with Crippen LogP contribution in [-0.4, -0.2) is 19.2 Å². The summed E-state index contributed by atoms with van der Waals surface area (Å²) in [7, 11) is 0. The lowest BCUT2D eigenvalue weighted by molar-refractivity contribution is 0.165. The predicted octanol–water partition coefficient (Wildman–Crippen LogP) is 1.44. The maximum Gasteiger partial charge on any atom is 0.411 e. The Morgan fingerprint density at radius 3 is 2.77 bits per heavy atom. The first kappa shape index (κ1) is 9.54. The van der Waals surface area contributed by atoms with E-state index in [0.717, 1.165) is 0 Å². The number of nitrogens with two attached hydrogens (primary N) is 1. The molecule has 1 aromatic carbocycles. The Balaban J connectivity index is 0.00000169. The second-order valence-electron chi connectivity index (χ2n) is 2.42. The summed E-state index contributed by atoms with van der Waals surface area (Å²) in [6, 6.07) is 9.10. The van der Waals surface area contributed by atoms with Gasteiger partial charge in [-0.3, -0.25) is 5.32 Å². The molecular weight excluding hydrogens is 168 g/mol. The number of hydrogen-bond donors (Lipinski definition) is 2. The van der Waals surface area contributed by atoms with E-state index in [4.69, 9.17) is 10.5 Å². The largest absolute Gasteiger partial charge is 0.448 e. The van der Waals surface area contributed by atoms with Gasteiger partial charge in [0.2, 0.25) is 0 Å². The van der Waals surface area contributed by atoms with Crippen molar-refractivity contribution in [2.75, 3.05) is 18.5 Å². The van der Waals surface area contributed by atoms with E-state index in [2.05, 4.69) is 5.32 Å². The van der Waals surface area contributed by atoms with Gasteiger partial charge in [0.25, 0.3) is 0 Å². The zero-order chi connectivity index (χ0) is 9.52. The molecule has 0 unspecified atom stereocenters. The Hall–Kier alpha value is -1.55. The quantitative estimate of drug-likeness (QED) is 0.743. The molecule has 0 fully saturated rings. The van der Waals surface area contributed by atoms with E-state index in [1.54, 1.807) is 12.1 Å². The summed E-state index contributed by atoms with van der Waals surface area (Å²) in [6.07, 6.45) is -0.475. The number of carbonyl (C=O) groups is 1. The standard InChI is InChI=1S/C9H12N2O2.H2/c10-6-7-13-9(12)11-8-4-2-1-3-5-8;/h1-5H,6-7,10H2,(H,11,12);1H. The van der Waals surface area contributed by atoms with Crippen LogP contribution in [0, 0.1) is 0 Å². The van der Waals surface area contributed by atoms with E-state index in [1.807, 2.05) is 18.2 Å². The number of ether oxygens (including phenoxy) is 1. The lowest BCUT2D eigenvalue weighted by atomic mass is 10.3. The number of hydrogen-bond acceptors (Lipinski definition) is 3.